The predicted octanol–water partition coefficient (Wildman–Crippen LogP) is -0.0825. The molecule has 1 saturated heterocycles. The third kappa shape index (κ3) is 2.14. The fourth-order valence-electron chi connectivity index (χ4n) is 2.40. The summed E-state index contributed by atoms with van der Waals surface area (Å²) in [5.41, 5.74) is 6.90. The number of aromatic nitrogens is 3. The zero-order valence-corrected chi connectivity index (χ0v) is 11.3. The molecule has 2 N–H and O–H groups in total. The van der Waals surface area contributed by atoms with Crippen molar-refractivity contribution >= 4 is 11.4 Å². The molecule has 7 heteroatoms. The molecule has 0 saturated carbocycles. The Hall–Kier alpha value is -1.99. The second-order valence-corrected chi connectivity index (χ2v) is 4.96. The van der Waals surface area contributed by atoms with E-state index in [0.717, 1.165) is 0 Å². The van der Waals surface area contributed by atoms with Crippen LogP contribution in [0.25, 0.3) is 5.52 Å². The Labute approximate surface area is 116 Å². The summed E-state index contributed by atoms with van der Waals surface area (Å²) >= 11 is 0. The summed E-state index contributed by atoms with van der Waals surface area (Å²) in [6, 6.07) is 0.0249. The number of morpholine rings is 1. The number of carbonyl (C=O) groups excluding carboxylic acids is 1. The van der Waals surface area contributed by atoms with E-state index in [-0.39, 0.29) is 18.1 Å². The van der Waals surface area contributed by atoms with Crippen LogP contribution in [0.3, 0.4) is 0 Å². The minimum Gasteiger partial charge on any atom is -0.373 e. The Bertz CT molecular complexity index is 626. The minimum atomic E-state index is -0.102. The van der Waals surface area contributed by atoms with Gasteiger partial charge in [-0.1, -0.05) is 0 Å². The Morgan fingerprint density at radius 1 is 1.55 bits per heavy atom. The first-order valence-electron chi connectivity index (χ1n) is 6.60. The molecule has 1 aliphatic heterocycles. The lowest BCUT2D eigenvalue weighted by Gasteiger charge is -2.37. The molecule has 0 aliphatic carbocycles. The third-order valence-corrected chi connectivity index (χ3v) is 3.58. The SMILES string of the molecule is CC1COC(CN)CN1C(=O)c1cnn2ccncc12. The van der Waals surface area contributed by atoms with Crippen molar-refractivity contribution in [3.63, 3.8) is 0 Å². The van der Waals surface area contributed by atoms with E-state index in [1.54, 1.807) is 34.2 Å². The van der Waals surface area contributed by atoms with E-state index in [0.29, 0.717) is 30.8 Å². The van der Waals surface area contributed by atoms with Gasteiger partial charge in [-0.05, 0) is 6.92 Å². The second-order valence-electron chi connectivity index (χ2n) is 4.96. The summed E-state index contributed by atoms with van der Waals surface area (Å²) in [7, 11) is 0. The number of hydrogen-bond donors (Lipinski definition) is 1. The van der Waals surface area contributed by atoms with E-state index in [1.165, 1.54) is 0 Å². The fraction of sp³-hybridized carbons (Fsp3) is 0.462. The maximum absolute atomic E-state index is 12.7. The van der Waals surface area contributed by atoms with E-state index in [9.17, 15) is 4.79 Å². The van der Waals surface area contributed by atoms with Gasteiger partial charge in [-0.25, -0.2) is 4.52 Å². The molecule has 106 valence electrons. The number of hydrogen-bond acceptors (Lipinski definition) is 5. The summed E-state index contributed by atoms with van der Waals surface area (Å²) < 4.78 is 7.22. The van der Waals surface area contributed by atoms with E-state index in [4.69, 9.17) is 10.5 Å². The third-order valence-electron chi connectivity index (χ3n) is 3.58. The first kappa shape index (κ1) is 13.0. The summed E-state index contributed by atoms with van der Waals surface area (Å²) in [6.07, 6.45) is 6.48. The van der Waals surface area contributed by atoms with Crippen molar-refractivity contribution < 1.29 is 9.53 Å². The minimum absolute atomic E-state index is 0.0249. The van der Waals surface area contributed by atoms with Crippen LogP contribution in [0.4, 0.5) is 0 Å². The standard InChI is InChI=1S/C13H17N5O2/c1-9-8-20-10(4-14)7-17(9)13(19)11-5-16-18-3-2-15-6-12(11)18/h2-3,5-6,9-10H,4,7-8,14H2,1H3. The normalized spacial score (nSPS) is 23.2. The number of carbonyl (C=O) groups is 1. The summed E-state index contributed by atoms with van der Waals surface area (Å²) in [5, 5.41) is 4.17. The summed E-state index contributed by atoms with van der Waals surface area (Å²) in [6.45, 7) is 3.39. The molecule has 20 heavy (non-hydrogen) atoms. The molecule has 0 radical (unpaired) electrons. The molecular weight excluding hydrogens is 258 g/mol. The summed E-state index contributed by atoms with van der Waals surface area (Å²) in [5.74, 6) is -0.0535. The van der Waals surface area contributed by atoms with Crippen LogP contribution in [0, 0.1) is 0 Å². The van der Waals surface area contributed by atoms with Crippen molar-refractivity contribution in [3.8, 4) is 0 Å². The number of rotatable bonds is 2. The average Bonchev–Trinajstić information content (AvgIpc) is 2.91. The lowest BCUT2D eigenvalue weighted by Crippen LogP contribution is -2.52. The Kier molecular flexibility index (Phi) is 3.37. The van der Waals surface area contributed by atoms with Crippen LogP contribution in [0.15, 0.2) is 24.8 Å². The second kappa shape index (κ2) is 5.18. The van der Waals surface area contributed by atoms with E-state index < -0.39 is 0 Å². The lowest BCUT2D eigenvalue weighted by atomic mass is 10.1. The van der Waals surface area contributed by atoms with E-state index in [1.807, 2.05) is 6.92 Å². The van der Waals surface area contributed by atoms with Gasteiger partial charge < -0.3 is 15.4 Å². The predicted molar refractivity (Wildman–Crippen MR) is 72.3 cm³/mol. The van der Waals surface area contributed by atoms with Crippen molar-refractivity contribution in [2.45, 2.75) is 19.1 Å². The highest BCUT2D eigenvalue weighted by atomic mass is 16.5. The molecule has 1 amide bonds. The van der Waals surface area contributed by atoms with Gasteiger partial charge in [0.05, 0.1) is 42.2 Å². The smallest absolute Gasteiger partial charge is 0.258 e. The van der Waals surface area contributed by atoms with E-state index >= 15 is 0 Å². The Balaban J connectivity index is 1.91. The van der Waals surface area contributed by atoms with Crippen LogP contribution in [-0.2, 0) is 4.74 Å². The molecule has 0 bridgehead atoms. The zero-order valence-electron chi connectivity index (χ0n) is 11.3. The monoisotopic (exact) mass is 275 g/mol. The van der Waals surface area contributed by atoms with Gasteiger partial charge in [-0.3, -0.25) is 9.78 Å². The Morgan fingerprint density at radius 2 is 2.40 bits per heavy atom. The van der Waals surface area contributed by atoms with Crippen LogP contribution < -0.4 is 5.73 Å². The molecule has 3 rings (SSSR count). The van der Waals surface area contributed by atoms with Crippen molar-refractivity contribution in [1.29, 1.82) is 0 Å². The number of amides is 1. The highest BCUT2D eigenvalue weighted by Crippen LogP contribution is 2.18. The van der Waals surface area contributed by atoms with Crippen molar-refractivity contribution in [1.82, 2.24) is 19.5 Å². The number of ether oxygens (including phenoxy) is 1. The molecule has 2 aromatic heterocycles. The highest BCUT2D eigenvalue weighted by molar-refractivity contribution is 6.00. The van der Waals surface area contributed by atoms with Crippen molar-refractivity contribution in [3.05, 3.63) is 30.4 Å². The van der Waals surface area contributed by atoms with Crippen LogP contribution in [0.5, 0.6) is 0 Å². The summed E-state index contributed by atoms with van der Waals surface area (Å²) in [4.78, 5) is 18.5. The molecule has 1 aliphatic rings. The van der Waals surface area contributed by atoms with Crippen LogP contribution in [-0.4, -0.2) is 57.2 Å². The van der Waals surface area contributed by atoms with Gasteiger partial charge in [0.15, 0.2) is 0 Å². The maximum Gasteiger partial charge on any atom is 0.258 e. The molecule has 2 unspecified atom stereocenters. The van der Waals surface area contributed by atoms with Gasteiger partial charge in [-0.2, -0.15) is 5.10 Å². The average molecular weight is 275 g/mol. The van der Waals surface area contributed by atoms with Crippen molar-refractivity contribution in [2.24, 2.45) is 5.73 Å². The molecule has 1 fully saturated rings. The molecule has 7 nitrogen and oxygen atoms in total. The largest absolute Gasteiger partial charge is 0.373 e. The number of fused-ring (bicyclic) bond motifs is 1. The van der Waals surface area contributed by atoms with Crippen LogP contribution in [0.2, 0.25) is 0 Å². The lowest BCUT2D eigenvalue weighted by molar-refractivity contribution is -0.0425. The molecule has 2 aromatic rings. The van der Waals surface area contributed by atoms with Crippen LogP contribution >= 0.6 is 0 Å². The fourth-order valence-corrected chi connectivity index (χ4v) is 2.40. The first-order chi connectivity index (χ1) is 9.70. The molecule has 0 spiro atoms. The number of nitrogens with zero attached hydrogens (tertiary/aromatic N) is 4. The van der Waals surface area contributed by atoms with Gasteiger partial charge in [0.1, 0.15) is 0 Å². The van der Waals surface area contributed by atoms with Gasteiger partial charge in [-0.15, -0.1) is 0 Å². The van der Waals surface area contributed by atoms with E-state index in [2.05, 4.69) is 10.1 Å². The number of nitrogens with two attached hydrogens (primary N) is 1. The van der Waals surface area contributed by atoms with Gasteiger partial charge in [0.25, 0.3) is 5.91 Å². The molecular formula is C13H17N5O2. The zero-order chi connectivity index (χ0) is 14.1. The first-order valence-corrected chi connectivity index (χ1v) is 6.60. The quantitative estimate of drug-likeness (QED) is 0.828. The van der Waals surface area contributed by atoms with Gasteiger partial charge in [0.2, 0.25) is 0 Å². The van der Waals surface area contributed by atoms with Crippen LogP contribution in [0.1, 0.15) is 17.3 Å². The maximum atomic E-state index is 12.7. The van der Waals surface area contributed by atoms with Gasteiger partial charge >= 0.3 is 0 Å². The van der Waals surface area contributed by atoms with Gasteiger partial charge in [0, 0.05) is 25.5 Å². The molecule has 0 aromatic carbocycles. The molecule has 2 atom stereocenters. The topological polar surface area (TPSA) is 85.8 Å². The Morgan fingerprint density at radius 3 is 3.20 bits per heavy atom. The highest BCUT2D eigenvalue weighted by Gasteiger charge is 2.30. The van der Waals surface area contributed by atoms with Crippen molar-refractivity contribution in [2.75, 3.05) is 19.7 Å². The molecule has 3 heterocycles.